The molecule has 0 radical (unpaired) electrons. The van der Waals surface area contributed by atoms with Crippen LogP contribution in [0.25, 0.3) is 0 Å². The van der Waals surface area contributed by atoms with Gasteiger partial charge in [0.2, 0.25) is 5.91 Å². The van der Waals surface area contributed by atoms with E-state index in [0.717, 1.165) is 41.3 Å². The lowest BCUT2D eigenvalue weighted by molar-refractivity contribution is -0.117. The van der Waals surface area contributed by atoms with Crippen molar-refractivity contribution in [2.75, 3.05) is 16.8 Å². The first-order chi connectivity index (χ1) is 12.1. The van der Waals surface area contributed by atoms with Gasteiger partial charge in [-0.15, -0.1) is 11.3 Å². The first-order valence-corrected chi connectivity index (χ1v) is 9.34. The van der Waals surface area contributed by atoms with Gasteiger partial charge in [0, 0.05) is 29.7 Å². The van der Waals surface area contributed by atoms with Crippen LogP contribution in [0.4, 0.5) is 16.2 Å². The topological polar surface area (TPSA) is 74.3 Å². The molecule has 1 aromatic heterocycles. The number of nitrogens with one attached hydrogen (secondary N) is 2. The van der Waals surface area contributed by atoms with E-state index in [2.05, 4.69) is 22.5 Å². The largest absolute Gasteiger partial charge is 0.331 e. The summed E-state index contributed by atoms with van der Waals surface area (Å²) in [6.45, 7) is 5.12. The summed E-state index contributed by atoms with van der Waals surface area (Å²) in [5.41, 5.74) is 3.54. The van der Waals surface area contributed by atoms with Gasteiger partial charge < -0.3 is 15.5 Å². The van der Waals surface area contributed by atoms with E-state index < -0.39 is 0 Å². The first kappa shape index (κ1) is 17.4. The summed E-state index contributed by atoms with van der Waals surface area (Å²) in [6.07, 6.45) is 2.36. The monoisotopic (exact) mass is 358 g/mol. The SMILES string of the molecule is CCc1csc(CNC(=O)Nc2cc(N3CCCC3=O)ccc2C)n1. The van der Waals surface area contributed by atoms with Crippen molar-refractivity contribution in [2.24, 2.45) is 0 Å². The van der Waals surface area contributed by atoms with E-state index in [0.29, 0.717) is 18.7 Å². The number of amides is 3. The third kappa shape index (κ3) is 4.17. The number of hydrogen-bond acceptors (Lipinski definition) is 4. The lowest BCUT2D eigenvalue weighted by atomic mass is 10.1. The lowest BCUT2D eigenvalue weighted by Crippen LogP contribution is -2.29. The van der Waals surface area contributed by atoms with E-state index in [1.807, 2.05) is 30.5 Å². The van der Waals surface area contributed by atoms with Gasteiger partial charge in [-0.1, -0.05) is 13.0 Å². The molecule has 0 unspecified atom stereocenters. The normalized spacial score (nSPS) is 14.0. The molecular weight excluding hydrogens is 336 g/mol. The quantitative estimate of drug-likeness (QED) is 0.859. The number of carbonyl (C=O) groups excluding carboxylic acids is 2. The molecular formula is C18H22N4O2S. The number of rotatable bonds is 5. The van der Waals surface area contributed by atoms with E-state index >= 15 is 0 Å². The molecule has 1 aliphatic heterocycles. The molecule has 6 nitrogen and oxygen atoms in total. The maximum atomic E-state index is 12.2. The molecule has 0 spiro atoms. The highest BCUT2D eigenvalue weighted by Crippen LogP contribution is 2.26. The number of aromatic nitrogens is 1. The van der Waals surface area contributed by atoms with E-state index in [-0.39, 0.29) is 11.9 Å². The molecule has 2 heterocycles. The van der Waals surface area contributed by atoms with Crippen molar-refractivity contribution in [3.8, 4) is 0 Å². The Labute approximate surface area is 151 Å². The average molecular weight is 358 g/mol. The van der Waals surface area contributed by atoms with Crippen molar-refractivity contribution in [3.63, 3.8) is 0 Å². The smallest absolute Gasteiger partial charge is 0.319 e. The Morgan fingerprint density at radius 3 is 2.92 bits per heavy atom. The number of nitrogens with zero attached hydrogens (tertiary/aromatic N) is 2. The standard InChI is InChI=1S/C18H22N4O2S/c1-3-13-11-25-16(20-13)10-19-18(24)21-15-9-14(7-6-12(15)2)22-8-4-5-17(22)23/h6-7,9,11H,3-5,8,10H2,1-2H3,(H2,19,21,24). The molecule has 0 saturated carbocycles. The molecule has 2 N–H and O–H groups in total. The number of anilines is 2. The maximum Gasteiger partial charge on any atom is 0.319 e. The molecule has 25 heavy (non-hydrogen) atoms. The minimum Gasteiger partial charge on any atom is -0.331 e. The van der Waals surface area contributed by atoms with Crippen molar-refractivity contribution < 1.29 is 9.59 Å². The van der Waals surface area contributed by atoms with Gasteiger partial charge in [-0.05, 0) is 37.5 Å². The van der Waals surface area contributed by atoms with Crippen LogP contribution in [-0.2, 0) is 17.8 Å². The van der Waals surface area contributed by atoms with Gasteiger partial charge >= 0.3 is 6.03 Å². The second-order valence-electron chi connectivity index (χ2n) is 6.04. The summed E-state index contributed by atoms with van der Waals surface area (Å²) in [5.74, 6) is 0.134. The van der Waals surface area contributed by atoms with Gasteiger partial charge in [-0.3, -0.25) is 4.79 Å². The zero-order valence-electron chi connectivity index (χ0n) is 14.5. The molecule has 3 rings (SSSR count). The fourth-order valence-corrected chi connectivity index (χ4v) is 3.57. The molecule has 1 fully saturated rings. The zero-order chi connectivity index (χ0) is 17.8. The van der Waals surface area contributed by atoms with Crippen LogP contribution >= 0.6 is 11.3 Å². The third-order valence-electron chi connectivity index (χ3n) is 4.22. The third-order valence-corrected chi connectivity index (χ3v) is 5.11. The van der Waals surface area contributed by atoms with Gasteiger partial charge in [0.05, 0.1) is 12.2 Å². The minimum absolute atomic E-state index is 0.134. The molecule has 0 aliphatic carbocycles. The van der Waals surface area contributed by atoms with E-state index in [1.165, 1.54) is 0 Å². The molecule has 7 heteroatoms. The van der Waals surface area contributed by atoms with Gasteiger partial charge in [-0.25, -0.2) is 9.78 Å². The molecule has 2 aromatic rings. The van der Waals surface area contributed by atoms with E-state index in [4.69, 9.17) is 0 Å². The van der Waals surface area contributed by atoms with Crippen LogP contribution in [0.1, 0.15) is 36.0 Å². The summed E-state index contributed by atoms with van der Waals surface area (Å²) in [5, 5.41) is 8.59. The van der Waals surface area contributed by atoms with Gasteiger partial charge in [0.1, 0.15) is 5.01 Å². The Balaban J connectivity index is 1.63. The second kappa shape index (κ2) is 7.65. The van der Waals surface area contributed by atoms with Crippen LogP contribution in [0.5, 0.6) is 0 Å². The molecule has 1 aromatic carbocycles. The second-order valence-corrected chi connectivity index (χ2v) is 6.98. The predicted octanol–water partition coefficient (Wildman–Crippen LogP) is 3.46. The van der Waals surface area contributed by atoms with Crippen molar-refractivity contribution >= 4 is 34.6 Å². The van der Waals surface area contributed by atoms with Gasteiger partial charge in [-0.2, -0.15) is 0 Å². The van der Waals surface area contributed by atoms with Crippen molar-refractivity contribution in [3.05, 3.63) is 39.8 Å². The molecule has 0 atom stereocenters. The van der Waals surface area contributed by atoms with Gasteiger partial charge in [0.15, 0.2) is 0 Å². The summed E-state index contributed by atoms with van der Waals surface area (Å²) in [7, 11) is 0. The van der Waals surface area contributed by atoms with Crippen LogP contribution in [0.3, 0.4) is 0 Å². The molecule has 1 saturated heterocycles. The van der Waals surface area contributed by atoms with Crippen molar-refractivity contribution in [1.29, 1.82) is 0 Å². The molecule has 3 amide bonds. The molecule has 132 valence electrons. The van der Waals surface area contributed by atoms with Crippen molar-refractivity contribution in [2.45, 2.75) is 39.7 Å². The van der Waals surface area contributed by atoms with Crippen LogP contribution < -0.4 is 15.5 Å². The van der Waals surface area contributed by atoms with Crippen LogP contribution in [-0.4, -0.2) is 23.5 Å². The van der Waals surface area contributed by atoms with Crippen LogP contribution in [0.2, 0.25) is 0 Å². The maximum absolute atomic E-state index is 12.2. The van der Waals surface area contributed by atoms with Crippen LogP contribution in [0.15, 0.2) is 23.6 Å². The highest BCUT2D eigenvalue weighted by molar-refractivity contribution is 7.09. The number of urea groups is 1. The predicted molar refractivity (Wildman–Crippen MR) is 100 cm³/mol. The first-order valence-electron chi connectivity index (χ1n) is 8.46. The number of carbonyl (C=O) groups is 2. The Kier molecular flexibility index (Phi) is 5.33. The van der Waals surface area contributed by atoms with E-state index in [1.54, 1.807) is 16.2 Å². The van der Waals surface area contributed by atoms with Gasteiger partial charge in [0.25, 0.3) is 0 Å². The highest BCUT2D eigenvalue weighted by Gasteiger charge is 2.22. The summed E-state index contributed by atoms with van der Waals surface area (Å²) >= 11 is 1.55. The Morgan fingerprint density at radius 2 is 2.24 bits per heavy atom. The summed E-state index contributed by atoms with van der Waals surface area (Å²) in [4.78, 5) is 30.3. The molecule has 1 aliphatic rings. The fourth-order valence-electron chi connectivity index (χ4n) is 2.75. The Morgan fingerprint density at radius 1 is 1.40 bits per heavy atom. The minimum atomic E-state index is -0.277. The van der Waals surface area contributed by atoms with E-state index in [9.17, 15) is 9.59 Å². The Hall–Kier alpha value is -2.41. The summed E-state index contributed by atoms with van der Waals surface area (Å²) in [6, 6.07) is 5.42. The van der Waals surface area contributed by atoms with Crippen LogP contribution in [0, 0.1) is 6.92 Å². The van der Waals surface area contributed by atoms with Crippen molar-refractivity contribution in [1.82, 2.24) is 10.3 Å². The number of aryl methyl sites for hydroxylation is 2. The number of benzene rings is 1. The number of thiazole rings is 1. The average Bonchev–Trinajstić information content (AvgIpc) is 3.24. The highest BCUT2D eigenvalue weighted by atomic mass is 32.1. The summed E-state index contributed by atoms with van der Waals surface area (Å²) < 4.78 is 0. The lowest BCUT2D eigenvalue weighted by Gasteiger charge is -2.18. The number of hydrogen-bond donors (Lipinski definition) is 2. The zero-order valence-corrected chi connectivity index (χ0v) is 15.3. The Bertz CT molecular complexity index is 787. The molecule has 0 bridgehead atoms. The fraction of sp³-hybridized carbons (Fsp3) is 0.389.